The van der Waals surface area contributed by atoms with Crippen molar-refractivity contribution in [3.8, 4) is 0 Å². The van der Waals surface area contributed by atoms with E-state index >= 15 is 0 Å². The van der Waals surface area contributed by atoms with E-state index in [-0.39, 0.29) is 5.91 Å². The van der Waals surface area contributed by atoms with E-state index in [4.69, 9.17) is 0 Å². The highest BCUT2D eigenvalue weighted by Gasteiger charge is 2.14. The van der Waals surface area contributed by atoms with E-state index in [2.05, 4.69) is 27.2 Å². The van der Waals surface area contributed by atoms with Crippen molar-refractivity contribution in [1.82, 2.24) is 10.3 Å². The van der Waals surface area contributed by atoms with Gasteiger partial charge >= 0.3 is 0 Å². The molecule has 160 valence electrons. The largest absolute Gasteiger partial charge is 0.348 e. The average molecular weight is 458 g/mol. The van der Waals surface area contributed by atoms with Gasteiger partial charge in [0.1, 0.15) is 0 Å². The third-order valence-corrected chi connectivity index (χ3v) is 6.61. The Hall–Kier alpha value is -3.22. The van der Waals surface area contributed by atoms with Crippen molar-refractivity contribution in [2.45, 2.75) is 22.1 Å². The van der Waals surface area contributed by atoms with Gasteiger partial charge in [0.2, 0.25) is 0 Å². The van der Waals surface area contributed by atoms with Gasteiger partial charge in [-0.25, -0.2) is 0 Å². The van der Waals surface area contributed by atoms with Gasteiger partial charge in [-0.15, -0.1) is 0 Å². The molecule has 2 N–H and O–H groups in total. The van der Waals surface area contributed by atoms with Crippen LogP contribution in [-0.4, -0.2) is 10.9 Å². The van der Waals surface area contributed by atoms with Crippen molar-refractivity contribution in [1.29, 1.82) is 0 Å². The van der Waals surface area contributed by atoms with Crippen molar-refractivity contribution in [2.24, 2.45) is 0 Å². The van der Waals surface area contributed by atoms with E-state index in [9.17, 15) is 4.79 Å². The predicted molar refractivity (Wildman–Crippen MR) is 134 cm³/mol. The summed E-state index contributed by atoms with van der Waals surface area (Å²) in [5, 5.41) is 3.04. The number of pyridine rings is 1. The fraction of sp³-hybridized carbons (Fsp3) is 0.0769. The van der Waals surface area contributed by atoms with Crippen LogP contribution < -0.4 is 10.0 Å². The Labute approximate surface area is 197 Å². The maximum absolute atomic E-state index is 13.1. The molecule has 0 spiro atoms. The Bertz CT molecular complexity index is 1140. The quantitative estimate of drug-likeness (QED) is 0.284. The molecule has 0 unspecified atom stereocenters. The number of amides is 1. The van der Waals surface area contributed by atoms with E-state index in [1.54, 1.807) is 36.1 Å². The Morgan fingerprint density at radius 1 is 0.812 bits per heavy atom. The minimum absolute atomic E-state index is 0.100. The first-order chi connectivity index (χ1) is 15.8. The van der Waals surface area contributed by atoms with Crippen molar-refractivity contribution >= 4 is 35.3 Å². The van der Waals surface area contributed by atoms with Crippen LogP contribution in [0.15, 0.2) is 113 Å². The highest BCUT2D eigenvalue weighted by molar-refractivity contribution is 8.00. The van der Waals surface area contributed by atoms with E-state index in [0.717, 1.165) is 26.8 Å². The van der Waals surface area contributed by atoms with E-state index < -0.39 is 0 Å². The second kappa shape index (κ2) is 11.4. The fourth-order valence-corrected chi connectivity index (χ4v) is 4.70. The smallest absolute Gasteiger partial charge is 0.252 e. The summed E-state index contributed by atoms with van der Waals surface area (Å²) in [7, 11) is 0. The minimum atomic E-state index is -0.100. The number of carbonyl (C=O) groups is 1. The van der Waals surface area contributed by atoms with Crippen LogP contribution in [0.2, 0.25) is 0 Å². The summed E-state index contributed by atoms with van der Waals surface area (Å²) in [4.78, 5) is 19.1. The van der Waals surface area contributed by atoms with Crippen molar-refractivity contribution in [3.05, 3.63) is 120 Å². The Morgan fingerprint density at radius 3 is 2.28 bits per heavy atom. The third kappa shape index (κ3) is 6.39. The number of nitrogens with one attached hydrogen (secondary N) is 2. The summed E-state index contributed by atoms with van der Waals surface area (Å²) in [6.45, 7) is 0.456. The standard InChI is InChI=1S/C26H23N3OS2/c30-26(28-18-20-13-15-27-16-14-20)24-17-22(29-31-19-21-7-3-1-4-8-21)11-12-25(24)32-23-9-5-2-6-10-23/h1-17,29H,18-19H2,(H,28,30). The lowest BCUT2D eigenvalue weighted by molar-refractivity contribution is 0.0948. The third-order valence-electron chi connectivity index (χ3n) is 4.67. The van der Waals surface area contributed by atoms with Gasteiger partial charge in [0, 0.05) is 40.2 Å². The number of benzene rings is 3. The first-order valence-corrected chi connectivity index (χ1v) is 12.0. The van der Waals surface area contributed by atoms with Crippen LogP contribution in [0.3, 0.4) is 0 Å². The lowest BCUT2D eigenvalue weighted by atomic mass is 10.2. The van der Waals surface area contributed by atoms with Crippen molar-refractivity contribution in [2.75, 3.05) is 4.72 Å². The van der Waals surface area contributed by atoms with Gasteiger partial charge in [-0.2, -0.15) is 0 Å². The number of anilines is 1. The molecule has 1 amide bonds. The van der Waals surface area contributed by atoms with Crippen LogP contribution in [0.5, 0.6) is 0 Å². The molecular weight excluding hydrogens is 434 g/mol. The van der Waals surface area contributed by atoms with Crippen LogP contribution in [0, 0.1) is 0 Å². The molecule has 0 aliphatic heterocycles. The molecule has 1 heterocycles. The second-order valence-electron chi connectivity index (χ2n) is 7.04. The first kappa shape index (κ1) is 22.0. The van der Waals surface area contributed by atoms with E-state index in [0.29, 0.717) is 12.1 Å². The highest BCUT2D eigenvalue weighted by Crippen LogP contribution is 2.32. The van der Waals surface area contributed by atoms with Gasteiger partial charge in [-0.3, -0.25) is 9.78 Å². The molecule has 0 aliphatic carbocycles. The van der Waals surface area contributed by atoms with Gasteiger partial charge in [0.05, 0.1) is 5.56 Å². The maximum Gasteiger partial charge on any atom is 0.252 e. The molecule has 4 aromatic rings. The zero-order chi connectivity index (χ0) is 22.0. The molecule has 0 saturated carbocycles. The maximum atomic E-state index is 13.1. The zero-order valence-corrected chi connectivity index (χ0v) is 19.0. The number of hydrogen-bond acceptors (Lipinski definition) is 5. The molecule has 0 bridgehead atoms. The Kier molecular flexibility index (Phi) is 7.84. The Balaban J connectivity index is 1.49. The number of carbonyl (C=O) groups excluding carboxylic acids is 1. The van der Waals surface area contributed by atoms with Crippen LogP contribution in [0.25, 0.3) is 0 Å². The summed E-state index contributed by atoms with van der Waals surface area (Å²) in [5.74, 6) is 0.738. The molecule has 3 aromatic carbocycles. The molecule has 0 aliphatic rings. The molecule has 4 rings (SSSR count). The van der Waals surface area contributed by atoms with Gasteiger partial charge < -0.3 is 10.0 Å². The van der Waals surface area contributed by atoms with Gasteiger partial charge in [-0.05, 0) is 65.5 Å². The minimum Gasteiger partial charge on any atom is -0.348 e. The second-order valence-corrected chi connectivity index (χ2v) is 8.94. The molecule has 32 heavy (non-hydrogen) atoms. The highest BCUT2D eigenvalue weighted by atomic mass is 32.2. The molecule has 0 atom stereocenters. The lowest BCUT2D eigenvalue weighted by Crippen LogP contribution is -2.23. The molecule has 0 fully saturated rings. The van der Waals surface area contributed by atoms with Gasteiger partial charge in [0.15, 0.2) is 0 Å². The summed E-state index contributed by atoms with van der Waals surface area (Å²) < 4.78 is 3.37. The van der Waals surface area contributed by atoms with Gasteiger partial charge in [0.25, 0.3) is 5.91 Å². The topological polar surface area (TPSA) is 54.0 Å². The SMILES string of the molecule is O=C(NCc1ccncc1)c1cc(NSCc2ccccc2)ccc1Sc1ccccc1. The van der Waals surface area contributed by atoms with Crippen LogP contribution >= 0.6 is 23.7 Å². The normalized spacial score (nSPS) is 10.5. The summed E-state index contributed by atoms with van der Waals surface area (Å²) in [6, 6.07) is 30.1. The first-order valence-electron chi connectivity index (χ1n) is 10.2. The molecular formula is C26H23N3OS2. The van der Waals surface area contributed by atoms with Crippen LogP contribution in [-0.2, 0) is 12.3 Å². The predicted octanol–water partition coefficient (Wildman–Crippen LogP) is 6.42. The van der Waals surface area contributed by atoms with E-state index in [1.165, 1.54) is 5.56 Å². The lowest BCUT2D eigenvalue weighted by Gasteiger charge is -2.13. The van der Waals surface area contributed by atoms with Crippen molar-refractivity contribution < 1.29 is 4.79 Å². The number of rotatable bonds is 9. The Morgan fingerprint density at radius 2 is 1.53 bits per heavy atom. The number of nitrogens with zero attached hydrogens (tertiary/aromatic N) is 1. The fourth-order valence-electron chi connectivity index (χ4n) is 3.03. The zero-order valence-electron chi connectivity index (χ0n) is 17.4. The van der Waals surface area contributed by atoms with Crippen LogP contribution in [0.1, 0.15) is 21.5 Å². The number of aromatic nitrogens is 1. The molecule has 4 nitrogen and oxygen atoms in total. The molecule has 1 aromatic heterocycles. The molecule has 0 radical (unpaired) electrons. The summed E-state index contributed by atoms with van der Waals surface area (Å²) in [6.07, 6.45) is 3.46. The molecule has 0 saturated heterocycles. The monoisotopic (exact) mass is 457 g/mol. The van der Waals surface area contributed by atoms with Crippen LogP contribution in [0.4, 0.5) is 5.69 Å². The average Bonchev–Trinajstić information content (AvgIpc) is 2.85. The summed E-state index contributed by atoms with van der Waals surface area (Å²) in [5.41, 5.74) is 3.81. The molecule has 6 heteroatoms. The van der Waals surface area contributed by atoms with Crippen molar-refractivity contribution in [3.63, 3.8) is 0 Å². The summed E-state index contributed by atoms with van der Waals surface area (Å²) >= 11 is 3.19. The van der Waals surface area contributed by atoms with E-state index in [1.807, 2.05) is 78.9 Å². The van der Waals surface area contributed by atoms with Gasteiger partial charge in [-0.1, -0.05) is 60.3 Å². The number of hydrogen-bond donors (Lipinski definition) is 2.